The lowest BCUT2D eigenvalue weighted by Crippen LogP contribution is -2.20. The SMILES string of the molecule is CCCOc1ccc(C=O)c(OCC(=O)Nc2ccc(Cl)cc2)c1. The second kappa shape index (κ2) is 8.93. The Labute approximate surface area is 145 Å². The van der Waals surface area contributed by atoms with Crippen LogP contribution in [0.15, 0.2) is 42.5 Å². The first-order valence-electron chi connectivity index (χ1n) is 7.52. The third-order valence-corrected chi connectivity index (χ3v) is 3.32. The van der Waals surface area contributed by atoms with Gasteiger partial charge in [0.05, 0.1) is 12.2 Å². The maximum absolute atomic E-state index is 11.9. The zero-order chi connectivity index (χ0) is 17.4. The molecular weight excluding hydrogens is 330 g/mol. The Balaban J connectivity index is 1.97. The van der Waals surface area contributed by atoms with Gasteiger partial charge in [-0.25, -0.2) is 0 Å². The molecule has 6 heteroatoms. The zero-order valence-corrected chi connectivity index (χ0v) is 14.0. The summed E-state index contributed by atoms with van der Waals surface area (Å²) in [6.07, 6.45) is 1.55. The molecule has 0 radical (unpaired) electrons. The van der Waals surface area contributed by atoms with Crippen LogP contribution >= 0.6 is 11.6 Å². The van der Waals surface area contributed by atoms with Crippen LogP contribution in [-0.4, -0.2) is 25.4 Å². The first kappa shape index (κ1) is 17.8. The Bertz CT molecular complexity index is 701. The third-order valence-electron chi connectivity index (χ3n) is 3.07. The van der Waals surface area contributed by atoms with Crippen LogP contribution in [0.2, 0.25) is 5.02 Å². The number of carbonyl (C=O) groups is 2. The fourth-order valence-electron chi connectivity index (χ4n) is 1.92. The minimum Gasteiger partial charge on any atom is -0.493 e. The van der Waals surface area contributed by atoms with Crippen LogP contribution in [0.5, 0.6) is 11.5 Å². The van der Waals surface area contributed by atoms with Crippen molar-refractivity contribution in [1.82, 2.24) is 0 Å². The summed E-state index contributed by atoms with van der Waals surface area (Å²) in [6.45, 7) is 2.34. The molecule has 0 spiro atoms. The zero-order valence-electron chi connectivity index (χ0n) is 13.3. The molecule has 0 bridgehead atoms. The first-order valence-corrected chi connectivity index (χ1v) is 7.90. The van der Waals surface area contributed by atoms with Crippen molar-refractivity contribution in [2.45, 2.75) is 13.3 Å². The number of aldehydes is 1. The van der Waals surface area contributed by atoms with E-state index >= 15 is 0 Å². The van der Waals surface area contributed by atoms with E-state index in [1.165, 1.54) is 0 Å². The number of hydrogen-bond donors (Lipinski definition) is 1. The highest BCUT2D eigenvalue weighted by atomic mass is 35.5. The summed E-state index contributed by atoms with van der Waals surface area (Å²) in [5.74, 6) is 0.564. The maximum atomic E-state index is 11.9. The van der Waals surface area contributed by atoms with Crippen molar-refractivity contribution >= 4 is 29.5 Å². The van der Waals surface area contributed by atoms with Crippen LogP contribution in [-0.2, 0) is 4.79 Å². The molecule has 0 heterocycles. The Morgan fingerprint density at radius 1 is 1.17 bits per heavy atom. The van der Waals surface area contributed by atoms with Gasteiger partial charge in [0.2, 0.25) is 0 Å². The van der Waals surface area contributed by atoms with Crippen molar-refractivity contribution in [3.63, 3.8) is 0 Å². The van der Waals surface area contributed by atoms with Gasteiger partial charge in [-0.15, -0.1) is 0 Å². The molecule has 0 saturated carbocycles. The number of rotatable bonds is 8. The Morgan fingerprint density at radius 3 is 2.58 bits per heavy atom. The quantitative estimate of drug-likeness (QED) is 0.734. The van der Waals surface area contributed by atoms with E-state index in [0.29, 0.717) is 40.7 Å². The Hall–Kier alpha value is -2.53. The van der Waals surface area contributed by atoms with Crippen molar-refractivity contribution in [1.29, 1.82) is 0 Å². The number of ether oxygens (including phenoxy) is 2. The molecule has 0 aliphatic heterocycles. The van der Waals surface area contributed by atoms with Gasteiger partial charge in [-0.1, -0.05) is 18.5 Å². The van der Waals surface area contributed by atoms with E-state index in [4.69, 9.17) is 21.1 Å². The number of hydrogen-bond acceptors (Lipinski definition) is 4. The fourth-order valence-corrected chi connectivity index (χ4v) is 2.05. The standard InChI is InChI=1S/C18H18ClNO4/c1-2-9-23-16-8-3-13(11-21)17(10-16)24-12-18(22)20-15-6-4-14(19)5-7-15/h3-8,10-11H,2,9,12H2,1H3,(H,20,22). The summed E-state index contributed by atoms with van der Waals surface area (Å²) >= 11 is 5.79. The summed E-state index contributed by atoms with van der Waals surface area (Å²) in [5.41, 5.74) is 0.974. The molecule has 24 heavy (non-hydrogen) atoms. The lowest BCUT2D eigenvalue weighted by atomic mass is 10.2. The molecular formula is C18H18ClNO4. The van der Waals surface area contributed by atoms with E-state index in [0.717, 1.165) is 6.42 Å². The van der Waals surface area contributed by atoms with Crippen molar-refractivity contribution < 1.29 is 19.1 Å². The van der Waals surface area contributed by atoms with Gasteiger partial charge in [0.1, 0.15) is 11.5 Å². The minimum absolute atomic E-state index is 0.222. The Kier molecular flexibility index (Phi) is 6.63. The van der Waals surface area contributed by atoms with Crippen LogP contribution in [0, 0.1) is 0 Å². The van der Waals surface area contributed by atoms with Crippen molar-refractivity contribution in [2.24, 2.45) is 0 Å². The molecule has 2 rings (SSSR count). The van der Waals surface area contributed by atoms with Gasteiger partial charge in [-0.2, -0.15) is 0 Å². The van der Waals surface area contributed by atoms with Crippen LogP contribution < -0.4 is 14.8 Å². The van der Waals surface area contributed by atoms with Gasteiger partial charge < -0.3 is 14.8 Å². The van der Waals surface area contributed by atoms with E-state index in [1.54, 1.807) is 42.5 Å². The molecule has 0 fully saturated rings. The number of nitrogens with one attached hydrogen (secondary N) is 1. The van der Waals surface area contributed by atoms with Crippen LogP contribution in [0.4, 0.5) is 5.69 Å². The molecule has 0 aliphatic rings. The average molecular weight is 348 g/mol. The normalized spacial score (nSPS) is 10.1. The van der Waals surface area contributed by atoms with Crippen molar-refractivity contribution in [2.75, 3.05) is 18.5 Å². The monoisotopic (exact) mass is 347 g/mol. The van der Waals surface area contributed by atoms with Gasteiger partial charge in [0.15, 0.2) is 12.9 Å². The Morgan fingerprint density at radius 2 is 1.92 bits per heavy atom. The number of benzene rings is 2. The highest BCUT2D eigenvalue weighted by Gasteiger charge is 2.09. The smallest absolute Gasteiger partial charge is 0.262 e. The third kappa shape index (κ3) is 5.28. The molecule has 0 atom stereocenters. The minimum atomic E-state index is -0.339. The molecule has 1 N–H and O–H groups in total. The molecule has 126 valence electrons. The van der Waals surface area contributed by atoms with Crippen molar-refractivity contribution in [3.8, 4) is 11.5 Å². The maximum Gasteiger partial charge on any atom is 0.262 e. The number of anilines is 1. The van der Waals surface area contributed by atoms with Gasteiger partial charge in [0, 0.05) is 16.8 Å². The molecule has 0 unspecified atom stereocenters. The highest BCUT2D eigenvalue weighted by molar-refractivity contribution is 6.30. The van der Waals surface area contributed by atoms with Crippen LogP contribution in [0.25, 0.3) is 0 Å². The van der Waals surface area contributed by atoms with Gasteiger partial charge in [-0.3, -0.25) is 9.59 Å². The van der Waals surface area contributed by atoms with E-state index < -0.39 is 0 Å². The van der Waals surface area contributed by atoms with E-state index in [2.05, 4.69) is 5.32 Å². The summed E-state index contributed by atoms with van der Waals surface area (Å²) in [7, 11) is 0. The van der Waals surface area contributed by atoms with Gasteiger partial charge >= 0.3 is 0 Å². The second-order valence-electron chi connectivity index (χ2n) is 5.01. The van der Waals surface area contributed by atoms with E-state index in [9.17, 15) is 9.59 Å². The molecule has 0 aliphatic carbocycles. The lowest BCUT2D eigenvalue weighted by molar-refractivity contribution is -0.118. The van der Waals surface area contributed by atoms with E-state index in [-0.39, 0.29) is 12.5 Å². The summed E-state index contributed by atoms with van der Waals surface area (Å²) in [6, 6.07) is 11.6. The first-order chi connectivity index (χ1) is 11.6. The van der Waals surface area contributed by atoms with Gasteiger partial charge in [0.25, 0.3) is 5.91 Å². The van der Waals surface area contributed by atoms with E-state index in [1.807, 2.05) is 6.92 Å². The largest absolute Gasteiger partial charge is 0.493 e. The number of halogens is 1. The molecule has 2 aromatic carbocycles. The van der Waals surface area contributed by atoms with Crippen LogP contribution in [0.3, 0.4) is 0 Å². The topological polar surface area (TPSA) is 64.6 Å². The summed E-state index contributed by atoms with van der Waals surface area (Å²) < 4.78 is 11.0. The van der Waals surface area contributed by atoms with Gasteiger partial charge in [-0.05, 0) is 42.8 Å². The number of carbonyl (C=O) groups excluding carboxylic acids is 2. The molecule has 2 aromatic rings. The summed E-state index contributed by atoms with van der Waals surface area (Å²) in [4.78, 5) is 23.0. The van der Waals surface area contributed by atoms with Crippen LogP contribution in [0.1, 0.15) is 23.7 Å². The molecule has 1 amide bonds. The average Bonchev–Trinajstić information content (AvgIpc) is 2.60. The fraction of sp³-hybridized carbons (Fsp3) is 0.222. The molecule has 0 saturated heterocycles. The lowest BCUT2D eigenvalue weighted by Gasteiger charge is -2.11. The van der Waals surface area contributed by atoms with Crippen molar-refractivity contribution in [3.05, 3.63) is 53.1 Å². The predicted octanol–water partition coefficient (Wildman–Crippen LogP) is 3.96. The highest BCUT2D eigenvalue weighted by Crippen LogP contribution is 2.24. The number of amides is 1. The predicted molar refractivity (Wildman–Crippen MR) is 93.2 cm³/mol. The molecule has 5 nitrogen and oxygen atoms in total. The second-order valence-corrected chi connectivity index (χ2v) is 5.45. The molecule has 0 aromatic heterocycles. The summed E-state index contributed by atoms with van der Waals surface area (Å²) in [5, 5.41) is 3.27.